The predicted molar refractivity (Wildman–Crippen MR) is 68.7 cm³/mol. The average Bonchev–Trinajstić information content (AvgIpc) is 2.27. The molecule has 1 atom stereocenters. The first kappa shape index (κ1) is 15.4. The summed E-state index contributed by atoms with van der Waals surface area (Å²) in [6.07, 6.45) is 3.97. The molecule has 1 aliphatic rings. The molecule has 0 aromatic carbocycles. The molecule has 1 saturated heterocycles. The summed E-state index contributed by atoms with van der Waals surface area (Å²) in [5.41, 5.74) is 5.34. The van der Waals surface area contributed by atoms with E-state index in [0.29, 0.717) is 13.1 Å². The zero-order valence-electron chi connectivity index (χ0n) is 9.65. The van der Waals surface area contributed by atoms with Crippen LogP contribution in [0.2, 0.25) is 0 Å². The third-order valence-electron chi connectivity index (χ3n) is 2.71. The maximum absolute atomic E-state index is 11.7. The maximum Gasteiger partial charge on any atom is 0.224 e. The van der Waals surface area contributed by atoms with Crippen LogP contribution in [0, 0.1) is 5.92 Å². The molecule has 3 N–H and O–H groups in total. The van der Waals surface area contributed by atoms with E-state index >= 15 is 0 Å². The number of halogens is 1. The quantitative estimate of drug-likeness (QED) is 0.691. The van der Waals surface area contributed by atoms with E-state index in [1.807, 2.05) is 6.08 Å². The fourth-order valence-electron chi connectivity index (χ4n) is 1.96. The molecule has 0 bridgehead atoms. The van der Waals surface area contributed by atoms with Crippen molar-refractivity contribution in [3.63, 3.8) is 0 Å². The molecule has 0 spiro atoms. The van der Waals surface area contributed by atoms with Gasteiger partial charge in [0.1, 0.15) is 0 Å². The molecule has 16 heavy (non-hydrogen) atoms. The van der Waals surface area contributed by atoms with Gasteiger partial charge in [0.05, 0.1) is 5.92 Å². The standard InChI is InChI=1S/C11H21N3O.ClH/c1-2-7-14-8-3-4-10(9-14)11(15)13-6-5-12;/h2,10H,1,3-9,12H2,(H,13,15);1H. The summed E-state index contributed by atoms with van der Waals surface area (Å²) in [6.45, 7) is 7.61. The van der Waals surface area contributed by atoms with E-state index in [0.717, 1.165) is 32.5 Å². The molecule has 4 nitrogen and oxygen atoms in total. The van der Waals surface area contributed by atoms with Crippen LogP contribution in [0.1, 0.15) is 12.8 Å². The van der Waals surface area contributed by atoms with Crippen LogP contribution >= 0.6 is 12.4 Å². The number of piperidine rings is 1. The average molecular weight is 248 g/mol. The van der Waals surface area contributed by atoms with Crippen molar-refractivity contribution in [2.75, 3.05) is 32.7 Å². The molecule has 5 heteroatoms. The van der Waals surface area contributed by atoms with Crippen molar-refractivity contribution in [2.45, 2.75) is 12.8 Å². The van der Waals surface area contributed by atoms with Gasteiger partial charge < -0.3 is 11.1 Å². The number of carbonyl (C=O) groups is 1. The van der Waals surface area contributed by atoms with Crippen molar-refractivity contribution in [3.05, 3.63) is 12.7 Å². The molecule has 1 unspecified atom stereocenters. The zero-order chi connectivity index (χ0) is 11.1. The lowest BCUT2D eigenvalue weighted by Crippen LogP contribution is -2.44. The predicted octanol–water partition coefficient (Wildman–Crippen LogP) is 0.381. The van der Waals surface area contributed by atoms with Gasteiger partial charge in [-0.1, -0.05) is 6.08 Å². The summed E-state index contributed by atoms with van der Waals surface area (Å²) in [6, 6.07) is 0. The Kier molecular flexibility index (Phi) is 8.25. The van der Waals surface area contributed by atoms with Crippen LogP contribution in [0.5, 0.6) is 0 Å². The number of likely N-dealkylation sites (tertiary alicyclic amines) is 1. The van der Waals surface area contributed by atoms with Crippen LogP contribution in [0.4, 0.5) is 0 Å². The molecule has 1 fully saturated rings. The van der Waals surface area contributed by atoms with E-state index < -0.39 is 0 Å². The summed E-state index contributed by atoms with van der Waals surface area (Å²) in [5.74, 6) is 0.277. The lowest BCUT2D eigenvalue weighted by molar-refractivity contribution is -0.126. The van der Waals surface area contributed by atoms with E-state index in [2.05, 4.69) is 16.8 Å². The normalized spacial score (nSPS) is 20.9. The second kappa shape index (κ2) is 8.56. The van der Waals surface area contributed by atoms with Gasteiger partial charge in [-0.3, -0.25) is 9.69 Å². The highest BCUT2D eigenvalue weighted by molar-refractivity contribution is 5.85. The summed E-state index contributed by atoms with van der Waals surface area (Å²) < 4.78 is 0. The Hall–Kier alpha value is -0.580. The topological polar surface area (TPSA) is 58.4 Å². The third kappa shape index (κ3) is 4.96. The van der Waals surface area contributed by atoms with Crippen LogP contribution < -0.4 is 11.1 Å². The van der Waals surface area contributed by atoms with E-state index in [-0.39, 0.29) is 24.2 Å². The molecule has 1 heterocycles. The van der Waals surface area contributed by atoms with E-state index in [1.165, 1.54) is 0 Å². The van der Waals surface area contributed by atoms with Gasteiger partial charge in [-0.25, -0.2) is 0 Å². The first-order chi connectivity index (χ1) is 7.27. The molecule has 0 aliphatic carbocycles. The molecule has 1 amide bonds. The van der Waals surface area contributed by atoms with Crippen LogP contribution in [-0.2, 0) is 4.79 Å². The number of nitrogens with two attached hydrogens (primary N) is 1. The van der Waals surface area contributed by atoms with Gasteiger partial charge in [-0.2, -0.15) is 0 Å². The molecule has 0 saturated carbocycles. The third-order valence-corrected chi connectivity index (χ3v) is 2.71. The van der Waals surface area contributed by atoms with Gasteiger partial charge >= 0.3 is 0 Å². The van der Waals surface area contributed by atoms with E-state index in [4.69, 9.17) is 5.73 Å². The summed E-state index contributed by atoms with van der Waals surface area (Å²) >= 11 is 0. The van der Waals surface area contributed by atoms with Gasteiger partial charge in [-0.15, -0.1) is 19.0 Å². The van der Waals surface area contributed by atoms with Crippen LogP contribution in [0.3, 0.4) is 0 Å². The van der Waals surface area contributed by atoms with Crippen molar-refractivity contribution in [2.24, 2.45) is 11.7 Å². The molecule has 94 valence electrons. The SMILES string of the molecule is C=CCN1CCCC(C(=O)NCCN)C1.Cl. The van der Waals surface area contributed by atoms with Crippen molar-refractivity contribution in [1.29, 1.82) is 0 Å². The second-order valence-electron chi connectivity index (χ2n) is 3.97. The van der Waals surface area contributed by atoms with Crippen molar-refractivity contribution in [1.82, 2.24) is 10.2 Å². The molecular formula is C11H22ClN3O. The highest BCUT2D eigenvalue weighted by atomic mass is 35.5. The molecule has 0 radical (unpaired) electrons. The van der Waals surface area contributed by atoms with Crippen molar-refractivity contribution < 1.29 is 4.79 Å². The molecule has 0 aromatic rings. The number of nitrogens with one attached hydrogen (secondary N) is 1. The summed E-state index contributed by atoms with van der Waals surface area (Å²) in [7, 11) is 0. The number of hydrogen-bond acceptors (Lipinski definition) is 3. The van der Waals surface area contributed by atoms with E-state index in [1.54, 1.807) is 0 Å². The Labute approximate surface area is 104 Å². The minimum Gasteiger partial charge on any atom is -0.355 e. The zero-order valence-corrected chi connectivity index (χ0v) is 10.5. The van der Waals surface area contributed by atoms with Crippen LogP contribution in [0.25, 0.3) is 0 Å². The Morgan fingerprint density at radius 3 is 3.00 bits per heavy atom. The molecule has 0 aromatic heterocycles. The number of nitrogens with zero attached hydrogens (tertiary/aromatic N) is 1. The van der Waals surface area contributed by atoms with Crippen LogP contribution in [-0.4, -0.2) is 43.5 Å². The Morgan fingerprint density at radius 1 is 1.62 bits per heavy atom. The number of rotatable bonds is 5. The summed E-state index contributed by atoms with van der Waals surface area (Å²) in [4.78, 5) is 14.0. The smallest absolute Gasteiger partial charge is 0.224 e. The van der Waals surface area contributed by atoms with Gasteiger partial charge in [0.15, 0.2) is 0 Å². The fourth-order valence-corrected chi connectivity index (χ4v) is 1.96. The second-order valence-corrected chi connectivity index (χ2v) is 3.97. The first-order valence-electron chi connectivity index (χ1n) is 5.59. The van der Waals surface area contributed by atoms with Gasteiger partial charge in [-0.05, 0) is 19.4 Å². The maximum atomic E-state index is 11.7. The van der Waals surface area contributed by atoms with Gasteiger partial charge in [0, 0.05) is 26.2 Å². The molecule has 1 rings (SSSR count). The lowest BCUT2D eigenvalue weighted by Gasteiger charge is -2.31. The van der Waals surface area contributed by atoms with Crippen molar-refractivity contribution >= 4 is 18.3 Å². The summed E-state index contributed by atoms with van der Waals surface area (Å²) in [5, 5.41) is 2.85. The minimum absolute atomic E-state index is 0. The molecular weight excluding hydrogens is 226 g/mol. The number of hydrogen-bond donors (Lipinski definition) is 2. The number of amides is 1. The Morgan fingerprint density at radius 2 is 2.38 bits per heavy atom. The lowest BCUT2D eigenvalue weighted by atomic mass is 9.97. The number of carbonyl (C=O) groups excluding carboxylic acids is 1. The van der Waals surface area contributed by atoms with Gasteiger partial charge in [0.2, 0.25) is 5.91 Å². The molecule has 1 aliphatic heterocycles. The van der Waals surface area contributed by atoms with Crippen molar-refractivity contribution in [3.8, 4) is 0 Å². The first-order valence-corrected chi connectivity index (χ1v) is 5.59. The van der Waals surface area contributed by atoms with Crippen LogP contribution in [0.15, 0.2) is 12.7 Å². The van der Waals surface area contributed by atoms with Gasteiger partial charge in [0.25, 0.3) is 0 Å². The highest BCUT2D eigenvalue weighted by Gasteiger charge is 2.24. The minimum atomic E-state index is 0. The fraction of sp³-hybridized carbons (Fsp3) is 0.727. The Bertz CT molecular complexity index is 223. The van der Waals surface area contributed by atoms with E-state index in [9.17, 15) is 4.79 Å². The largest absolute Gasteiger partial charge is 0.355 e. The monoisotopic (exact) mass is 247 g/mol. The Balaban J connectivity index is 0.00000225. The highest BCUT2D eigenvalue weighted by Crippen LogP contribution is 2.16.